The molecule has 1 N–H and O–H groups in total. The molecule has 0 aromatic heterocycles. The Kier molecular flexibility index (Phi) is 10.2. The van der Waals surface area contributed by atoms with E-state index in [-0.39, 0.29) is 35.0 Å². The van der Waals surface area contributed by atoms with Gasteiger partial charge in [0.05, 0.1) is 18.3 Å². The van der Waals surface area contributed by atoms with Gasteiger partial charge in [-0.1, -0.05) is 37.6 Å². The van der Waals surface area contributed by atoms with Crippen molar-refractivity contribution in [3.8, 4) is 5.75 Å². The van der Waals surface area contributed by atoms with Crippen LogP contribution in [0.3, 0.4) is 0 Å². The highest BCUT2D eigenvalue weighted by molar-refractivity contribution is 7.87. The number of carbonyl (C=O) groups excluding carboxylic acids is 2. The van der Waals surface area contributed by atoms with E-state index in [0.717, 1.165) is 24.8 Å². The molecule has 0 bridgehead atoms. The van der Waals surface area contributed by atoms with Crippen LogP contribution in [0.15, 0.2) is 53.4 Å². The molecule has 1 aliphatic rings. The number of unbranched alkanes of at least 4 members (excludes halogenated alkanes) is 1. The maximum atomic E-state index is 13.0. The summed E-state index contributed by atoms with van der Waals surface area (Å²) in [6, 6.07) is 12.1. The van der Waals surface area contributed by atoms with Crippen LogP contribution in [0.1, 0.15) is 69.3 Å². The average Bonchev–Trinajstić information content (AvgIpc) is 3.37. The Morgan fingerprint density at radius 1 is 1.11 bits per heavy atom. The first-order chi connectivity index (χ1) is 18.0. The third-order valence-corrected chi connectivity index (χ3v) is 7.13. The predicted molar refractivity (Wildman–Crippen MR) is 144 cm³/mol. The van der Waals surface area contributed by atoms with Gasteiger partial charge in [0.2, 0.25) is 0 Å². The summed E-state index contributed by atoms with van der Waals surface area (Å²) in [5.74, 6) is -0.621. The van der Waals surface area contributed by atoms with Crippen molar-refractivity contribution in [2.75, 3.05) is 19.8 Å². The number of amides is 2. The smallest absolute Gasteiger partial charge is 0.340 e. The van der Waals surface area contributed by atoms with Crippen molar-refractivity contribution in [2.24, 2.45) is 0 Å². The number of hydrogen-bond acceptors (Lipinski definition) is 7. The second kappa shape index (κ2) is 13.1. The molecular weight excluding hydrogens is 508 g/mol. The molecule has 1 saturated heterocycles. The van der Waals surface area contributed by atoms with Crippen LogP contribution in [-0.4, -0.2) is 56.7 Å². The van der Waals surface area contributed by atoms with E-state index in [0.29, 0.717) is 26.1 Å². The summed E-state index contributed by atoms with van der Waals surface area (Å²) in [7, 11) is -4.30. The first-order valence-corrected chi connectivity index (χ1v) is 14.4. The second-order valence-corrected chi connectivity index (χ2v) is 11.9. The topological polar surface area (TPSA) is 111 Å². The van der Waals surface area contributed by atoms with Gasteiger partial charge in [0.15, 0.2) is 0 Å². The summed E-state index contributed by atoms with van der Waals surface area (Å²) in [6.45, 7) is 9.41. The molecule has 2 aromatic rings. The molecule has 0 radical (unpaired) electrons. The predicted octanol–water partition coefficient (Wildman–Crippen LogP) is 4.90. The highest BCUT2D eigenvalue weighted by Gasteiger charge is 2.27. The van der Waals surface area contributed by atoms with Gasteiger partial charge in [-0.2, -0.15) is 8.42 Å². The summed E-state index contributed by atoms with van der Waals surface area (Å²) < 4.78 is 42.3. The zero-order chi connectivity index (χ0) is 27.8. The van der Waals surface area contributed by atoms with Crippen molar-refractivity contribution < 1.29 is 31.7 Å². The summed E-state index contributed by atoms with van der Waals surface area (Å²) in [5.41, 5.74) is 0.336. The molecule has 2 aromatic carbocycles. The number of ether oxygens (including phenoxy) is 2. The van der Waals surface area contributed by atoms with Gasteiger partial charge >= 0.3 is 22.1 Å². The van der Waals surface area contributed by atoms with Crippen LogP contribution in [0.4, 0.5) is 4.79 Å². The molecule has 2 amide bonds. The Hall–Kier alpha value is -3.11. The van der Waals surface area contributed by atoms with Crippen LogP contribution in [-0.2, 0) is 26.1 Å². The van der Waals surface area contributed by atoms with Gasteiger partial charge in [-0.15, -0.1) is 0 Å². The molecule has 1 atom stereocenters. The number of nitrogens with zero attached hydrogens (tertiary/aromatic N) is 1. The van der Waals surface area contributed by atoms with Crippen LogP contribution >= 0.6 is 0 Å². The first-order valence-electron chi connectivity index (χ1n) is 13.0. The Balaban J connectivity index is 1.72. The molecule has 208 valence electrons. The van der Waals surface area contributed by atoms with E-state index in [1.165, 1.54) is 30.3 Å². The Morgan fingerprint density at radius 3 is 2.45 bits per heavy atom. The largest absolute Gasteiger partial charge is 0.462 e. The molecule has 0 aliphatic carbocycles. The molecule has 10 heteroatoms. The molecular formula is C28H38N2O7S. The normalized spacial score (nSPS) is 15.6. The molecule has 0 saturated carbocycles. The van der Waals surface area contributed by atoms with Crippen molar-refractivity contribution in [3.05, 3.63) is 59.7 Å². The second-order valence-electron chi connectivity index (χ2n) is 10.4. The molecule has 38 heavy (non-hydrogen) atoms. The van der Waals surface area contributed by atoms with Gasteiger partial charge in [0.1, 0.15) is 10.6 Å². The van der Waals surface area contributed by atoms with Gasteiger partial charge in [0, 0.05) is 25.2 Å². The van der Waals surface area contributed by atoms with Crippen LogP contribution in [0.25, 0.3) is 0 Å². The van der Waals surface area contributed by atoms with Gasteiger partial charge < -0.3 is 23.9 Å². The Morgan fingerprint density at radius 2 is 1.82 bits per heavy atom. The standard InChI is InChI=1S/C28H38N2O7S/c1-5-6-17-36-26(31)24-11-7-8-12-25(24)38(33,34)37-22-15-13-21(14-16-22)19-30(20-23-10-9-18-35-23)27(32)29-28(2,3)4/h7-8,11-16,23H,5-6,9-10,17-20H2,1-4H3,(H,29,32)/t23-/m0/s1. The van der Waals surface area contributed by atoms with E-state index >= 15 is 0 Å². The molecule has 9 nitrogen and oxygen atoms in total. The summed E-state index contributed by atoms with van der Waals surface area (Å²) in [4.78, 5) is 26.9. The number of nitrogens with one attached hydrogen (secondary N) is 1. The highest BCUT2D eigenvalue weighted by atomic mass is 32.2. The summed E-state index contributed by atoms with van der Waals surface area (Å²) >= 11 is 0. The molecule has 0 unspecified atom stereocenters. The van der Waals surface area contributed by atoms with Crippen molar-refractivity contribution >= 4 is 22.1 Å². The third-order valence-electron chi connectivity index (χ3n) is 5.83. The molecule has 3 rings (SSSR count). The quantitative estimate of drug-likeness (QED) is 0.242. The van der Waals surface area contributed by atoms with E-state index < -0.39 is 21.6 Å². The lowest BCUT2D eigenvalue weighted by Crippen LogP contribution is -2.50. The van der Waals surface area contributed by atoms with Gasteiger partial charge in [-0.3, -0.25) is 0 Å². The average molecular weight is 547 g/mol. The van der Waals surface area contributed by atoms with E-state index in [2.05, 4.69) is 5.32 Å². The van der Waals surface area contributed by atoms with Crippen molar-refractivity contribution in [3.63, 3.8) is 0 Å². The number of hydrogen-bond donors (Lipinski definition) is 1. The minimum Gasteiger partial charge on any atom is -0.462 e. The van der Waals surface area contributed by atoms with E-state index in [1.54, 1.807) is 23.1 Å². The SMILES string of the molecule is CCCCOC(=O)c1ccccc1S(=O)(=O)Oc1ccc(CN(C[C@@H]2CCCO2)C(=O)NC(C)(C)C)cc1. The Bertz CT molecular complexity index is 1180. The van der Waals surface area contributed by atoms with E-state index in [9.17, 15) is 18.0 Å². The van der Waals surface area contributed by atoms with Crippen molar-refractivity contribution in [1.82, 2.24) is 10.2 Å². The van der Waals surface area contributed by atoms with Gasteiger partial charge in [0.25, 0.3) is 0 Å². The van der Waals surface area contributed by atoms with Crippen LogP contribution in [0.5, 0.6) is 5.75 Å². The maximum absolute atomic E-state index is 13.0. The van der Waals surface area contributed by atoms with Crippen LogP contribution in [0, 0.1) is 0 Å². The molecule has 1 fully saturated rings. The lowest BCUT2D eigenvalue weighted by molar-refractivity contribution is 0.0495. The van der Waals surface area contributed by atoms with Gasteiger partial charge in [-0.25, -0.2) is 9.59 Å². The Labute approximate surface area is 225 Å². The number of rotatable bonds is 11. The van der Waals surface area contributed by atoms with Crippen molar-refractivity contribution in [1.29, 1.82) is 0 Å². The fraction of sp³-hybridized carbons (Fsp3) is 0.500. The zero-order valence-electron chi connectivity index (χ0n) is 22.6. The van der Waals surface area contributed by atoms with Crippen LogP contribution < -0.4 is 9.50 Å². The highest BCUT2D eigenvalue weighted by Crippen LogP contribution is 2.24. The minimum absolute atomic E-state index is 0.0119. The zero-order valence-corrected chi connectivity index (χ0v) is 23.4. The summed E-state index contributed by atoms with van der Waals surface area (Å²) in [5, 5.41) is 2.99. The van der Waals surface area contributed by atoms with E-state index in [4.69, 9.17) is 13.7 Å². The lowest BCUT2D eigenvalue weighted by atomic mass is 10.1. The fourth-order valence-corrected chi connectivity index (χ4v) is 5.06. The van der Waals surface area contributed by atoms with Crippen molar-refractivity contribution in [2.45, 2.75) is 76.5 Å². The number of urea groups is 1. The summed E-state index contributed by atoms with van der Waals surface area (Å²) in [6.07, 6.45) is 3.39. The number of esters is 1. The molecule has 0 spiro atoms. The molecule has 1 heterocycles. The maximum Gasteiger partial charge on any atom is 0.340 e. The lowest BCUT2D eigenvalue weighted by Gasteiger charge is -2.30. The monoisotopic (exact) mass is 546 g/mol. The first kappa shape index (κ1) is 29.4. The minimum atomic E-state index is -4.30. The van der Waals surface area contributed by atoms with Crippen LogP contribution in [0.2, 0.25) is 0 Å². The fourth-order valence-electron chi connectivity index (χ4n) is 3.94. The van der Waals surface area contributed by atoms with Gasteiger partial charge in [-0.05, 0) is 69.9 Å². The van der Waals surface area contributed by atoms with E-state index in [1.807, 2.05) is 27.7 Å². The molecule has 1 aliphatic heterocycles. The number of carbonyl (C=O) groups is 2. The third kappa shape index (κ3) is 8.73. The number of benzene rings is 2.